The molecule has 0 bridgehead atoms. The number of ether oxygens (including phenoxy) is 1. The van der Waals surface area contributed by atoms with Crippen LogP contribution in [0.5, 0.6) is 11.5 Å². The smallest absolute Gasteiger partial charge is 0.178 e. The van der Waals surface area contributed by atoms with Crippen LogP contribution in [-0.4, -0.2) is 10.8 Å². The number of aryl methyl sites for hydroxylation is 1. The molecule has 0 unspecified atom stereocenters. The van der Waals surface area contributed by atoms with E-state index in [-0.39, 0.29) is 11.6 Å². The molecule has 3 nitrogen and oxygen atoms in total. The van der Waals surface area contributed by atoms with Crippen LogP contribution in [0.3, 0.4) is 0 Å². The Morgan fingerprint density at radius 3 is 2.67 bits per heavy atom. The van der Waals surface area contributed by atoms with Crippen molar-refractivity contribution in [1.29, 1.82) is 0 Å². The summed E-state index contributed by atoms with van der Waals surface area (Å²) in [5.74, 6) is 0.438. The van der Waals surface area contributed by atoms with Crippen molar-refractivity contribution in [2.75, 3.05) is 0 Å². The minimum atomic E-state index is -0.357. The van der Waals surface area contributed by atoms with Gasteiger partial charge in [0.15, 0.2) is 5.78 Å². The minimum Gasteiger partial charge on any atom is -0.455 e. The fourth-order valence-electron chi connectivity index (χ4n) is 1.46. The maximum Gasteiger partial charge on any atom is 0.178 e. The van der Waals surface area contributed by atoms with Gasteiger partial charge in [0, 0.05) is 13.0 Å². The molecular formula is C14H12FNO2. The average Bonchev–Trinajstić information content (AvgIpc) is 2.34. The number of carbonyl (C=O) groups is 1. The molecule has 2 rings (SSSR count). The molecule has 0 spiro atoms. The Bertz CT molecular complexity index is 579. The number of halogens is 1. The zero-order valence-electron chi connectivity index (χ0n) is 10.1. The largest absolute Gasteiger partial charge is 0.455 e. The van der Waals surface area contributed by atoms with Gasteiger partial charge in [-0.15, -0.1) is 0 Å². The molecule has 92 valence electrons. The molecule has 4 heteroatoms. The van der Waals surface area contributed by atoms with Gasteiger partial charge in [-0.25, -0.2) is 9.37 Å². The number of hydrogen-bond donors (Lipinski definition) is 0. The van der Waals surface area contributed by atoms with Gasteiger partial charge in [0.2, 0.25) is 0 Å². The first-order chi connectivity index (χ1) is 8.56. The number of Topliss-reactive ketones (excluding diaryl/α,β-unsaturated/α-hetero) is 1. The second-order valence-electron chi connectivity index (χ2n) is 3.95. The van der Waals surface area contributed by atoms with Crippen LogP contribution in [0.2, 0.25) is 0 Å². The first-order valence-corrected chi connectivity index (χ1v) is 5.47. The van der Waals surface area contributed by atoms with E-state index in [9.17, 15) is 9.18 Å². The van der Waals surface area contributed by atoms with Gasteiger partial charge in [-0.3, -0.25) is 4.79 Å². The Morgan fingerprint density at radius 1 is 1.28 bits per heavy atom. The molecule has 0 N–H and O–H groups in total. The van der Waals surface area contributed by atoms with E-state index in [0.29, 0.717) is 17.2 Å². The highest BCUT2D eigenvalue weighted by atomic mass is 19.1. The fraction of sp³-hybridized carbons (Fsp3) is 0.143. The predicted molar refractivity (Wildman–Crippen MR) is 65.5 cm³/mol. The second kappa shape index (κ2) is 4.96. The summed E-state index contributed by atoms with van der Waals surface area (Å²) >= 11 is 0. The Hall–Kier alpha value is -2.23. The lowest BCUT2D eigenvalue weighted by atomic mass is 10.2. The highest BCUT2D eigenvalue weighted by molar-refractivity contribution is 5.92. The zero-order valence-corrected chi connectivity index (χ0v) is 10.1. The van der Waals surface area contributed by atoms with E-state index in [4.69, 9.17) is 4.74 Å². The molecule has 0 saturated carbocycles. The van der Waals surface area contributed by atoms with Crippen molar-refractivity contribution in [3.8, 4) is 11.5 Å². The maximum atomic E-state index is 13.1. The topological polar surface area (TPSA) is 39.2 Å². The number of pyridine rings is 1. The average molecular weight is 245 g/mol. The molecule has 0 radical (unpaired) electrons. The third kappa shape index (κ3) is 2.71. The molecule has 0 amide bonds. The van der Waals surface area contributed by atoms with Crippen LogP contribution in [0.25, 0.3) is 0 Å². The van der Waals surface area contributed by atoms with Crippen molar-refractivity contribution in [3.63, 3.8) is 0 Å². The third-order valence-electron chi connectivity index (χ3n) is 2.48. The van der Waals surface area contributed by atoms with Gasteiger partial charge in [0.25, 0.3) is 0 Å². The number of ketones is 1. The summed E-state index contributed by atoms with van der Waals surface area (Å²) in [6.45, 7) is 3.27. The van der Waals surface area contributed by atoms with Gasteiger partial charge in [0.05, 0.1) is 6.20 Å². The second-order valence-corrected chi connectivity index (χ2v) is 3.95. The van der Waals surface area contributed by atoms with Gasteiger partial charge >= 0.3 is 0 Å². The third-order valence-corrected chi connectivity index (χ3v) is 2.48. The highest BCUT2D eigenvalue weighted by Crippen LogP contribution is 2.25. The molecule has 0 aliphatic carbocycles. The molecule has 0 aliphatic rings. The number of hydrogen-bond acceptors (Lipinski definition) is 3. The molecule has 0 saturated heterocycles. The predicted octanol–water partition coefficient (Wildman–Crippen LogP) is 3.52. The van der Waals surface area contributed by atoms with Crippen molar-refractivity contribution < 1.29 is 13.9 Å². The van der Waals surface area contributed by atoms with Crippen LogP contribution in [0.1, 0.15) is 23.0 Å². The number of carbonyl (C=O) groups excluding carboxylic acids is 1. The highest BCUT2D eigenvalue weighted by Gasteiger charge is 2.05. The summed E-state index contributed by atoms with van der Waals surface area (Å²) in [4.78, 5) is 15.0. The summed E-state index contributed by atoms with van der Waals surface area (Å²) in [6, 6.07) is 7.54. The quantitative estimate of drug-likeness (QED) is 0.776. The van der Waals surface area contributed by atoms with E-state index in [2.05, 4.69) is 4.98 Å². The van der Waals surface area contributed by atoms with Gasteiger partial charge in [-0.2, -0.15) is 0 Å². The summed E-state index contributed by atoms with van der Waals surface area (Å²) in [7, 11) is 0. The molecule has 1 aromatic carbocycles. The first kappa shape index (κ1) is 12.2. The van der Waals surface area contributed by atoms with Crippen LogP contribution in [0, 0.1) is 12.7 Å². The van der Waals surface area contributed by atoms with Crippen LogP contribution in [0.15, 0.2) is 36.5 Å². The van der Waals surface area contributed by atoms with Crippen molar-refractivity contribution in [1.82, 2.24) is 4.98 Å². The Balaban J connectivity index is 2.23. The summed E-state index contributed by atoms with van der Waals surface area (Å²) < 4.78 is 18.6. The number of nitrogens with zero attached hydrogens (tertiary/aromatic N) is 1. The molecule has 0 fully saturated rings. The van der Waals surface area contributed by atoms with E-state index in [1.807, 2.05) is 6.92 Å². The van der Waals surface area contributed by atoms with E-state index < -0.39 is 0 Å². The Morgan fingerprint density at radius 2 is 2.06 bits per heavy atom. The summed E-state index contributed by atoms with van der Waals surface area (Å²) in [5, 5.41) is 0. The van der Waals surface area contributed by atoms with Crippen LogP contribution in [-0.2, 0) is 0 Å². The molecule has 1 heterocycles. The van der Waals surface area contributed by atoms with Crippen LogP contribution >= 0.6 is 0 Å². The standard InChI is InChI=1S/C14H12FNO2/c1-9-3-4-11(15)7-14(9)18-12-5-6-13(10(2)17)16-8-12/h3-8H,1-2H3. The fourth-order valence-corrected chi connectivity index (χ4v) is 1.46. The van der Waals surface area contributed by atoms with Crippen LogP contribution in [0.4, 0.5) is 4.39 Å². The van der Waals surface area contributed by atoms with E-state index in [1.54, 1.807) is 18.2 Å². The number of benzene rings is 1. The molecule has 2 aromatic rings. The summed E-state index contributed by atoms with van der Waals surface area (Å²) in [5.41, 5.74) is 1.20. The van der Waals surface area contributed by atoms with Crippen molar-refractivity contribution in [2.45, 2.75) is 13.8 Å². The molecule has 0 atom stereocenters. The Kier molecular flexibility index (Phi) is 3.37. The van der Waals surface area contributed by atoms with Gasteiger partial charge in [0.1, 0.15) is 23.0 Å². The van der Waals surface area contributed by atoms with Crippen molar-refractivity contribution >= 4 is 5.78 Å². The van der Waals surface area contributed by atoms with Gasteiger partial charge < -0.3 is 4.74 Å². The van der Waals surface area contributed by atoms with Crippen LogP contribution < -0.4 is 4.74 Å². The summed E-state index contributed by atoms with van der Waals surface area (Å²) in [6.07, 6.45) is 1.45. The first-order valence-electron chi connectivity index (χ1n) is 5.47. The van der Waals surface area contributed by atoms with Crippen molar-refractivity contribution in [2.24, 2.45) is 0 Å². The van der Waals surface area contributed by atoms with Gasteiger partial charge in [-0.1, -0.05) is 6.07 Å². The lowest BCUT2D eigenvalue weighted by molar-refractivity contribution is 0.101. The van der Waals surface area contributed by atoms with E-state index in [0.717, 1.165) is 5.56 Å². The van der Waals surface area contributed by atoms with Crippen molar-refractivity contribution in [3.05, 3.63) is 53.6 Å². The molecular weight excluding hydrogens is 233 g/mol. The van der Waals surface area contributed by atoms with Gasteiger partial charge in [-0.05, 0) is 30.7 Å². The molecule has 18 heavy (non-hydrogen) atoms. The monoisotopic (exact) mass is 245 g/mol. The molecule has 0 aliphatic heterocycles. The van der Waals surface area contributed by atoms with E-state index in [1.165, 1.54) is 25.3 Å². The zero-order chi connectivity index (χ0) is 13.1. The maximum absolute atomic E-state index is 13.1. The lowest BCUT2D eigenvalue weighted by Crippen LogP contribution is -1.96. The number of rotatable bonds is 3. The minimum absolute atomic E-state index is 0.108. The normalized spacial score (nSPS) is 10.2. The van der Waals surface area contributed by atoms with E-state index >= 15 is 0 Å². The lowest BCUT2D eigenvalue weighted by Gasteiger charge is -2.08. The Labute approximate surface area is 104 Å². The molecule has 1 aromatic heterocycles. The SMILES string of the molecule is CC(=O)c1ccc(Oc2cc(F)ccc2C)cn1. The number of aromatic nitrogens is 1.